The Morgan fingerprint density at radius 2 is 1.27 bits per heavy atom. The molecule has 0 amide bonds. The summed E-state index contributed by atoms with van der Waals surface area (Å²) in [4.78, 5) is 0. The van der Waals surface area contributed by atoms with Gasteiger partial charge in [-0.05, 0) is 0 Å². The molecule has 0 bridgehead atoms. The predicted octanol–water partition coefficient (Wildman–Crippen LogP) is -0.117. The van der Waals surface area contributed by atoms with E-state index in [9.17, 15) is 0 Å². The Balaban J connectivity index is 3.85. The van der Waals surface area contributed by atoms with E-state index in [0.29, 0.717) is 0 Å². The van der Waals surface area contributed by atoms with Gasteiger partial charge < -0.3 is 18.9 Å². The van der Waals surface area contributed by atoms with Crippen LogP contribution in [0.4, 0.5) is 0 Å². The number of ether oxygens (including phenoxy) is 4. The summed E-state index contributed by atoms with van der Waals surface area (Å²) in [6, 6.07) is 0. The summed E-state index contributed by atoms with van der Waals surface area (Å²) in [5, 5.41) is 2.00. The minimum Gasteiger partial charge on any atom is -0.504 e. The Hall–Kier alpha value is -0.886. The number of rotatable bonds is 8. The number of hydrogen-bond acceptors (Lipinski definition) is 4. The van der Waals surface area contributed by atoms with Gasteiger partial charge in [-0.3, -0.25) is 0 Å². The van der Waals surface area contributed by atoms with Crippen molar-refractivity contribution >= 4 is 19.0 Å². The normalized spacial score (nSPS) is 13.9. The monoisotopic (exact) mass is 248 g/mol. The van der Waals surface area contributed by atoms with Crippen LogP contribution in [0.3, 0.4) is 0 Å². The van der Waals surface area contributed by atoms with Gasteiger partial charge in [-0.2, -0.15) is 0 Å². The fraction of sp³-hybridized carbons (Fsp3) is 0.556. The molecular weight excluding hydrogens is 228 g/mol. The summed E-state index contributed by atoms with van der Waals surface area (Å²) in [6.45, 7) is 0. The molecule has 0 aromatic carbocycles. The van der Waals surface area contributed by atoms with E-state index in [0.717, 1.165) is 10.8 Å². The third-order valence-electron chi connectivity index (χ3n) is 1.87. The van der Waals surface area contributed by atoms with Crippen LogP contribution in [0.25, 0.3) is 0 Å². The Bertz CT molecular complexity index is 194. The van der Waals surface area contributed by atoms with Gasteiger partial charge in [0.05, 0.1) is 28.4 Å². The van der Waals surface area contributed by atoms with Crippen LogP contribution in [-0.2, 0) is 18.9 Å². The summed E-state index contributed by atoms with van der Waals surface area (Å²) in [6.07, 6.45) is 3.38. The van der Waals surface area contributed by atoms with Gasteiger partial charge in [0, 0.05) is 0 Å². The second-order valence-electron chi connectivity index (χ2n) is 2.90. The van der Waals surface area contributed by atoms with E-state index in [1.165, 1.54) is 5.67 Å². The molecule has 88 valence electrons. The Morgan fingerprint density at radius 3 is 1.53 bits per heavy atom. The zero-order valence-electron chi connectivity index (χ0n) is 9.91. The first-order valence-electron chi connectivity index (χ1n) is 4.80. The van der Waals surface area contributed by atoms with Crippen LogP contribution in [0.1, 0.15) is 0 Å². The molecule has 0 aliphatic heterocycles. The Labute approximate surface area is 95.9 Å². The molecule has 0 fully saturated rings. The van der Waals surface area contributed by atoms with Gasteiger partial charge in [0.1, 0.15) is 42.3 Å². The van der Waals surface area contributed by atoms with E-state index in [1.807, 2.05) is 0 Å². The van der Waals surface area contributed by atoms with Crippen LogP contribution in [0.2, 0.25) is 5.67 Å². The molecule has 4 nitrogen and oxygen atoms in total. The maximum atomic E-state index is 5.19. The maximum absolute atomic E-state index is 5.19. The predicted molar refractivity (Wildman–Crippen MR) is 66.1 cm³/mol. The van der Waals surface area contributed by atoms with Gasteiger partial charge in [-0.25, -0.2) is 0 Å². The molecule has 0 saturated heterocycles. The molecule has 0 heterocycles. The van der Waals surface area contributed by atoms with Crippen molar-refractivity contribution in [1.82, 2.24) is 0 Å². The van der Waals surface area contributed by atoms with E-state index in [1.54, 1.807) is 41.0 Å². The van der Waals surface area contributed by atoms with E-state index in [2.05, 4.69) is 0 Å². The van der Waals surface area contributed by atoms with Crippen LogP contribution in [-0.4, -0.2) is 47.5 Å². The quantitative estimate of drug-likeness (QED) is 0.443. The standard InChI is InChI=1S/C9H20O4Si2/c1-10-5-8(12-3)14-7-15-9(13-4)6-11-2/h5-6H,7,14-15H2,1-4H3. The SMILES string of the molecule is COC=C(OC)[SiH2]C[SiH2]C(=COC)OC. The molecule has 0 aliphatic rings. The first kappa shape index (κ1) is 14.1. The van der Waals surface area contributed by atoms with E-state index in [-0.39, 0.29) is 19.0 Å². The molecule has 0 rings (SSSR count). The number of hydrogen-bond donors (Lipinski definition) is 0. The van der Waals surface area contributed by atoms with Crippen LogP contribution in [0.5, 0.6) is 0 Å². The van der Waals surface area contributed by atoms with Gasteiger partial charge in [-0.1, -0.05) is 5.67 Å². The van der Waals surface area contributed by atoms with Crippen LogP contribution >= 0.6 is 0 Å². The van der Waals surface area contributed by atoms with Gasteiger partial charge in [0.2, 0.25) is 0 Å². The summed E-state index contributed by atoms with van der Waals surface area (Å²) < 4.78 is 20.2. The molecule has 0 unspecified atom stereocenters. The topological polar surface area (TPSA) is 36.9 Å². The minimum absolute atomic E-state index is 0.356. The van der Waals surface area contributed by atoms with E-state index >= 15 is 0 Å². The lowest BCUT2D eigenvalue weighted by Gasteiger charge is -2.06. The Morgan fingerprint density at radius 1 is 0.867 bits per heavy atom. The highest BCUT2D eigenvalue weighted by Gasteiger charge is 2.02. The molecule has 0 aliphatic carbocycles. The lowest BCUT2D eigenvalue weighted by molar-refractivity contribution is 0.270. The van der Waals surface area contributed by atoms with Crippen LogP contribution < -0.4 is 0 Å². The summed E-state index contributed by atoms with van der Waals surface area (Å²) in [7, 11) is 5.92. The molecule has 0 aromatic rings. The van der Waals surface area contributed by atoms with Gasteiger partial charge in [0.25, 0.3) is 0 Å². The second kappa shape index (κ2) is 9.66. The molecule has 0 N–H and O–H groups in total. The zero-order chi connectivity index (χ0) is 11.5. The van der Waals surface area contributed by atoms with Crippen molar-refractivity contribution in [3.63, 3.8) is 0 Å². The van der Waals surface area contributed by atoms with Gasteiger partial charge in [-0.15, -0.1) is 0 Å². The first-order chi connectivity index (χ1) is 7.28. The van der Waals surface area contributed by atoms with Gasteiger partial charge >= 0.3 is 0 Å². The van der Waals surface area contributed by atoms with Crippen molar-refractivity contribution in [3.8, 4) is 0 Å². The zero-order valence-corrected chi connectivity index (χ0v) is 12.7. The average molecular weight is 248 g/mol. The third-order valence-corrected chi connectivity index (χ3v) is 6.59. The van der Waals surface area contributed by atoms with Crippen LogP contribution in [0.15, 0.2) is 23.3 Å². The summed E-state index contributed by atoms with van der Waals surface area (Å²) >= 11 is 0. The molecular formula is C9H20O4Si2. The van der Waals surface area contributed by atoms with Crippen molar-refractivity contribution in [2.45, 2.75) is 5.67 Å². The average Bonchev–Trinajstić information content (AvgIpc) is 2.26. The molecule has 0 spiro atoms. The highest BCUT2D eigenvalue weighted by molar-refractivity contribution is 6.63. The molecule has 15 heavy (non-hydrogen) atoms. The molecule has 0 atom stereocenters. The van der Waals surface area contributed by atoms with E-state index < -0.39 is 0 Å². The van der Waals surface area contributed by atoms with E-state index in [4.69, 9.17) is 18.9 Å². The second-order valence-corrected chi connectivity index (χ2v) is 8.12. The molecule has 0 radical (unpaired) electrons. The van der Waals surface area contributed by atoms with Crippen molar-refractivity contribution in [1.29, 1.82) is 0 Å². The minimum atomic E-state index is -0.356. The largest absolute Gasteiger partial charge is 0.504 e. The maximum Gasteiger partial charge on any atom is 0.114 e. The van der Waals surface area contributed by atoms with Crippen molar-refractivity contribution in [2.75, 3.05) is 28.4 Å². The highest BCUT2D eigenvalue weighted by Crippen LogP contribution is 2.00. The highest BCUT2D eigenvalue weighted by atomic mass is 28.3. The van der Waals surface area contributed by atoms with Crippen molar-refractivity contribution < 1.29 is 18.9 Å². The van der Waals surface area contributed by atoms with Crippen molar-refractivity contribution in [2.24, 2.45) is 0 Å². The number of methoxy groups -OCH3 is 4. The summed E-state index contributed by atoms with van der Waals surface area (Å²) in [5.74, 6) is 0. The Kier molecular flexibility index (Phi) is 9.09. The fourth-order valence-corrected chi connectivity index (χ4v) is 5.59. The smallest absolute Gasteiger partial charge is 0.114 e. The lowest BCUT2D eigenvalue weighted by Crippen LogP contribution is -2.07. The molecule has 0 saturated carbocycles. The van der Waals surface area contributed by atoms with Gasteiger partial charge in [0.15, 0.2) is 0 Å². The first-order valence-corrected chi connectivity index (χ1v) is 8.21. The summed E-state index contributed by atoms with van der Waals surface area (Å²) in [5.41, 5.74) is 1.20. The molecule has 6 heteroatoms. The van der Waals surface area contributed by atoms with Crippen LogP contribution in [0, 0.1) is 0 Å². The van der Waals surface area contributed by atoms with Crippen molar-refractivity contribution in [3.05, 3.63) is 23.3 Å². The molecule has 0 aromatic heterocycles. The fourth-order valence-electron chi connectivity index (χ4n) is 1.12. The third kappa shape index (κ3) is 7.09. The lowest BCUT2D eigenvalue weighted by atomic mass is 11.0.